The molecule has 1 aromatic carbocycles. The number of nitrogens with one attached hydrogen (secondary N) is 2. The quantitative estimate of drug-likeness (QED) is 0.505. The molecule has 3 amide bonds. The molecular weight excluding hydrogens is 407 g/mol. The summed E-state index contributed by atoms with van der Waals surface area (Å²) in [6, 6.07) is 4.24. The molecule has 1 aliphatic heterocycles. The summed E-state index contributed by atoms with van der Waals surface area (Å²) >= 11 is 6.71. The van der Waals surface area contributed by atoms with Crippen molar-refractivity contribution in [3.05, 3.63) is 50.2 Å². The molecule has 1 aromatic heterocycles. The molecule has 0 saturated carbocycles. The van der Waals surface area contributed by atoms with Gasteiger partial charge in [-0.25, -0.2) is 10.3 Å². The van der Waals surface area contributed by atoms with Crippen molar-refractivity contribution in [2.45, 2.75) is 19.1 Å². The third kappa shape index (κ3) is 4.18. The van der Waals surface area contributed by atoms with Gasteiger partial charge in [0.1, 0.15) is 0 Å². The fourth-order valence-corrected chi connectivity index (χ4v) is 4.02. The highest BCUT2D eigenvalue weighted by molar-refractivity contribution is 7.14. The predicted octanol–water partition coefficient (Wildman–Crippen LogP) is 4.13. The van der Waals surface area contributed by atoms with Gasteiger partial charge >= 0.3 is 12.2 Å². The molecule has 11 heteroatoms. The zero-order valence-electron chi connectivity index (χ0n) is 13.6. The van der Waals surface area contributed by atoms with Crippen LogP contribution in [0.25, 0.3) is 0 Å². The first kappa shape index (κ1) is 19.5. The average Bonchev–Trinajstić information content (AvgIpc) is 3.04. The van der Waals surface area contributed by atoms with E-state index in [0.29, 0.717) is 17.8 Å². The molecule has 2 heterocycles. The van der Waals surface area contributed by atoms with Gasteiger partial charge in [0.15, 0.2) is 0 Å². The lowest BCUT2D eigenvalue weighted by Crippen LogP contribution is -2.38. The van der Waals surface area contributed by atoms with Crippen LogP contribution in [0.3, 0.4) is 0 Å². The third-order valence-corrected chi connectivity index (χ3v) is 5.51. The van der Waals surface area contributed by atoms with Crippen molar-refractivity contribution in [3.8, 4) is 0 Å². The highest BCUT2D eigenvalue weighted by atomic mass is 35.5. The number of carbonyl (C=O) groups is 2. The van der Waals surface area contributed by atoms with E-state index in [-0.39, 0.29) is 12.2 Å². The number of nitrogens with zero attached hydrogens (tertiary/aromatic N) is 1. The fourth-order valence-electron chi connectivity index (χ4n) is 2.68. The van der Waals surface area contributed by atoms with Crippen LogP contribution in [0.2, 0.25) is 5.02 Å². The summed E-state index contributed by atoms with van der Waals surface area (Å²) in [6.45, 7) is 0.555. The Morgan fingerprint density at radius 3 is 2.67 bits per heavy atom. The molecule has 2 aromatic rings. The molecule has 6 nitrogen and oxygen atoms in total. The largest absolute Gasteiger partial charge is 0.417 e. The highest BCUT2D eigenvalue weighted by Crippen LogP contribution is 2.36. The molecule has 0 spiro atoms. The molecule has 0 atom stereocenters. The first-order chi connectivity index (χ1) is 12.7. The van der Waals surface area contributed by atoms with Gasteiger partial charge < -0.3 is 10.2 Å². The van der Waals surface area contributed by atoms with Crippen molar-refractivity contribution in [2.24, 2.45) is 0 Å². The van der Waals surface area contributed by atoms with E-state index in [4.69, 9.17) is 16.8 Å². The Kier molecular flexibility index (Phi) is 5.31. The Balaban J connectivity index is 1.73. The van der Waals surface area contributed by atoms with E-state index < -0.39 is 28.7 Å². The second kappa shape index (κ2) is 7.37. The van der Waals surface area contributed by atoms with Gasteiger partial charge in [-0.2, -0.15) is 13.2 Å². The zero-order chi connectivity index (χ0) is 19.8. The van der Waals surface area contributed by atoms with E-state index in [1.54, 1.807) is 11.5 Å². The number of thiophene rings is 1. The van der Waals surface area contributed by atoms with E-state index in [1.165, 1.54) is 11.0 Å². The lowest BCUT2D eigenvalue weighted by Gasteiger charge is -2.27. The van der Waals surface area contributed by atoms with Crippen LogP contribution in [-0.2, 0) is 19.1 Å². The minimum Gasteiger partial charge on any atom is -0.319 e. The molecule has 0 radical (unpaired) electrons. The van der Waals surface area contributed by atoms with Crippen LogP contribution in [-0.4, -0.2) is 28.6 Å². The summed E-state index contributed by atoms with van der Waals surface area (Å²) in [5.41, 5.74) is 1.41. The first-order valence-corrected chi connectivity index (χ1v) is 8.87. The minimum atomic E-state index is -4.63. The summed E-state index contributed by atoms with van der Waals surface area (Å²) in [6.07, 6.45) is -4.13. The van der Waals surface area contributed by atoms with Crippen molar-refractivity contribution in [3.63, 3.8) is 0 Å². The number of urea groups is 1. The van der Waals surface area contributed by atoms with Gasteiger partial charge in [-0.15, -0.1) is 11.3 Å². The van der Waals surface area contributed by atoms with Gasteiger partial charge in [0.25, 0.3) is 5.91 Å². The molecule has 0 fully saturated rings. The topological polar surface area (TPSA) is 81.7 Å². The SMILES string of the molecule is O=C(NO)c1cc2c(s1)CN(C(=O)Nc1ccc(Cl)c(C(F)(F)F)c1)CC2. The van der Waals surface area contributed by atoms with Crippen LogP contribution in [0.1, 0.15) is 25.7 Å². The third-order valence-electron chi connectivity index (χ3n) is 4.02. The molecule has 0 unspecified atom stereocenters. The van der Waals surface area contributed by atoms with E-state index in [1.807, 2.05) is 0 Å². The molecule has 1 aliphatic rings. The molecule has 144 valence electrons. The van der Waals surface area contributed by atoms with E-state index in [2.05, 4.69) is 5.32 Å². The number of hydrogen-bond acceptors (Lipinski definition) is 4. The maximum absolute atomic E-state index is 12.9. The number of alkyl halides is 3. The number of hydroxylamine groups is 1. The number of amides is 3. The van der Waals surface area contributed by atoms with Crippen molar-refractivity contribution in [1.82, 2.24) is 10.4 Å². The monoisotopic (exact) mass is 419 g/mol. The standard InChI is InChI=1S/C16H13ClF3N3O3S/c17-11-2-1-9(6-10(11)16(18,19)20)21-15(25)23-4-3-8-5-12(14(24)22-26)27-13(8)7-23/h1-2,5-6,26H,3-4,7H2,(H,21,25)(H,22,24). The number of rotatable bonds is 2. The molecule has 0 bridgehead atoms. The van der Waals surface area contributed by atoms with Gasteiger partial charge in [-0.1, -0.05) is 11.6 Å². The Bertz CT molecular complexity index is 901. The number of carbonyl (C=O) groups excluding carboxylic acids is 2. The second-order valence-electron chi connectivity index (χ2n) is 5.79. The first-order valence-electron chi connectivity index (χ1n) is 7.67. The number of hydrogen-bond donors (Lipinski definition) is 3. The summed E-state index contributed by atoms with van der Waals surface area (Å²) in [7, 11) is 0. The fraction of sp³-hybridized carbons (Fsp3) is 0.250. The number of fused-ring (bicyclic) bond motifs is 1. The Morgan fingerprint density at radius 2 is 2.00 bits per heavy atom. The second-order valence-corrected chi connectivity index (χ2v) is 7.34. The Labute approximate surface area is 160 Å². The van der Waals surface area contributed by atoms with Gasteiger partial charge in [0.05, 0.1) is 22.0 Å². The zero-order valence-corrected chi connectivity index (χ0v) is 15.1. The number of halogens is 4. The van der Waals surface area contributed by atoms with Crippen LogP contribution in [0.4, 0.5) is 23.7 Å². The molecule has 0 saturated heterocycles. The molecule has 0 aliphatic carbocycles. The van der Waals surface area contributed by atoms with Crippen LogP contribution in [0.15, 0.2) is 24.3 Å². The lowest BCUT2D eigenvalue weighted by atomic mass is 10.1. The van der Waals surface area contributed by atoms with Gasteiger partial charge in [-0.3, -0.25) is 10.0 Å². The Hall–Kier alpha value is -2.30. The summed E-state index contributed by atoms with van der Waals surface area (Å²) < 4.78 is 38.8. The van der Waals surface area contributed by atoms with Crippen molar-refractivity contribution < 1.29 is 28.0 Å². The normalized spacial score (nSPS) is 13.9. The molecular formula is C16H13ClF3N3O3S. The highest BCUT2D eigenvalue weighted by Gasteiger charge is 2.33. The molecule has 27 heavy (non-hydrogen) atoms. The van der Waals surface area contributed by atoms with Crippen LogP contribution < -0.4 is 10.8 Å². The van der Waals surface area contributed by atoms with Crippen LogP contribution in [0.5, 0.6) is 0 Å². The smallest absolute Gasteiger partial charge is 0.319 e. The van der Waals surface area contributed by atoms with Crippen LogP contribution in [0, 0.1) is 0 Å². The molecule has 3 rings (SSSR count). The minimum absolute atomic E-state index is 0.0194. The number of anilines is 1. The van der Waals surface area contributed by atoms with Crippen molar-refractivity contribution in [1.29, 1.82) is 0 Å². The van der Waals surface area contributed by atoms with Gasteiger partial charge in [-0.05, 0) is 36.2 Å². The van der Waals surface area contributed by atoms with Crippen molar-refractivity contribution in [2.75, 3.05) is 11.9 Å². The summed E-state index contributed by atoms with van der Waals surface area (Å²) in [4.78, 5) is 26.4. The van der Waals surface area contributed by atoms with E-state index in [9.17, 15) is 22.8 Å². The Morgan fingerprint density at radius 1 is 1.26 bits per heavy atom. The summed E-state index contributed by atoms with van der Waals surface area (Å²) in [5, 5.41) is 10.7. The average molecular weight is 420 g/mol. The maximum atomic E-state index is 12.9. The summed E-state index contributed by atoms with van der Waals surface area (Å²) in [5.74, 6) is -0.633. The van der Waals surface area contributed by atoms with Crippen molar-refractivity contribution >= 4 is 40.6 Å². The lowest BCUT2D eigenvalue weighted by molar-refractivity contribution is -0.137. The maximum Gasteiger partial charge on any atom is 0.417 e. The van der Waals surface area contributed by atoms with Gasteiger partial charge in [0.2, 0.25) is 0 Å². The van der Waals surface area contributed by atoms with E-state index >= 15 is 0 Å². The van der Waals surface area contributed by atoms with Gasteiger partial charge in [0, 0.05) is 17.1 Å². The van der Waals surface area contributed by atoms with Crippen LogP contribution >= 0.6 is 22.9 Å². The molecule has 3 N–H and O–H groups in total. The number of benzene rings is 1. The van der Waals surface area contributed by atoms with E-state index in [0.717, 1.165) is 33.9 Å². The predicted molar refractivity (Wildman–Crippen MR) is 93.2 cm³/mol.